The molecule has 4 nitrogen and oxygen atoms in total. The maximum Gasteiger partial charge on any atom is 0.122 e. The van der Waals surface area contributed by atoms with Crippen LogP contribution in [0.5, 0.6) is 5.75 Å². The van der Waals surface area contributed by atoms with Crippen LogP contribution in [-0.2, 0) is 6.54 Å². The number of nitriles is 1. The van der Waals surface area contributed by atoms with Crippen LogP contribution in [0.4, 0.5) is 5.82 Å². The lowest BCUT2D eigenvalue weighted by Gasteiger charge is -2.10. The second kappa shape index (κ2) is 5.07. The van der Waals surface area contributed by atoms with Crippen molar-refractivity contribution in [2.24, 2.45) is 0 Å². The summed E-state index contributed by atoms with van der Waals surface area (Å²) in [5.41, 5.74) is 9.72. The van der Waals surface area contributed by atoms with Crippen molar-refractivity contribution in [1.82, 2.24) is 4.57 Å². The van der Waals surface area contributed by atoms with E-state index in [-0.39, 0.29) is 0 Å². The Hall–Kier alpha value is -2.41. The predicted molar refractivity (Wildman–Crippen MR) is 75.1 cm³/mol. The summed E-state index contributed by atoms with van der Waals surface area (Å²) in [6.07, 6.45) is 0. The molecule has 0 aliphatic heterocycles. The van der Waals surface area contributed by atoms with Gasteiger partial charge < -0.3 is 15.0 Å². The summed E-state index contributed by atoms with van der Waals surface area (Å²) in [7, 11) is 1.64. The molecular weight excluding hydrogens is 238 g/mol. The van der Waals surface area contributed by atoms with Gasteiger partial charge in [0.05, 0.1) is 12.7 Å². The summed E-state index contributed by atoms with van der Waals surface area (Å²) in [5.74, 6) is 1.36. The molecule has 1 aromatic heterocycles. The van der Waals surface area contributed by atoms with E-state index in [1.54, 1.807) is 7.11 Å². The van der Waals surface area contributed by atoms with E-state index in [4.69, 9.17) is 15.7 Å². The Labute approximate surface area is 113 Å². The van der Waals surface area contributed by atoms with Gasteiger partial charge in [0, 0.05) is 12.2 Å². The predicted octanol–water partition coefficient (Wildman–Crippen LogP) is 2.62. The van der Waals surface area contributed by atoms with Gasteiger partial charge in [-0.05, 0) is 37.1 Å². The molecule has 0 radical (unpaired) electrons. The van der Waals surface area contributed by atoms with E-state index in [0.29, 0.717) is 17.9 Å². The Morgan fingerprint density at radius 2 is 1.89 bits per heavy atom. The minimum atomic E-state index is 0.535. The molecule has 1 heterocycles. The van der Waals surface area contributed by atoms with Crippen LogP contribution in [0.15, 0.2) is 24.3 Å². The molecule has 0 bridgehead atoms. The Morgan fingerprint density at radius 1 is 1.26 bits per heavy atom. The number of anilines is 1. The summed E-state index contributed by atoms with van der Waals surface area (Å²) in [4.78, 5) is 0. The summed E-state index contributed by atoms with van der Waals surface area (Å²) in [6, 6.07) is 10.00. The van der Waals surface area contributed by atoms with Gasteiger partial charge in [-0.2, -0.15) is 5.26 Å². The molecule has 0 aliphatic carbocycles. The second-order valence-electron chi connectivity index (χ2n) is 4.52. The van der Waals surface area contributed by atoms with Crippen molar-refractivity contribution in [2.75, 3.05) is 12.8 Å². The SMILES string of the molecule is COc1ccc(Cn2c(C)c(C)c(C#N)c2N)cc1. The van der Waals surface area contributed by atoms with Crippen LogP contribution in [0, 0.1) is 25.2 Å². The maximum absolute atomic E-state index is 9.11. The van der Waals surface area contributed by atoms with E-state index in [1.807, 2.05) is 42.7 Å². The number of hydrogen-bond acceptors (Lipinski definition) is 3. The van der Waals surface area contributed by atoms with Crippen molar-refractivity contribution in [1.29, 1.82) is 5.26 Å². The number of nitrogens with two attached hydrogens (primary N) is 1. The Kier molecular flexibility index (Phi) is 3.48. The maximum atomic E-state index is 9.11. The largest absolute Gasteiger partial charge is 0.497 e. The van der Waals surface area contributed by atoms with Crippen molar-refractivity contribution in [2.45, 2.75) is 20.4 Å². The van der Waals surface area contributed by atoms with Gasteiger partial charge in [-0.3, -0.25) is 0 Å². The zero-order valence-corrected chi connectivity index (χ0v) is 11.4. The lowest BCUT2D eigenvalue weighted by molar-refractivity contribution is 0.414. The third-order valence-electron chi connectivity index (χ3n) is 3.48. The molecule has 0 fully saturated rings. The molecule has 0 saturated heterocycles. The summed E-state index contributed by atoms with van der Waals surface area (Å²) in [6.45, 7) is 4.56. The van der Waals surface area contributed by atoms with Gasteiger partial charge in [0.2, 0.25) is 0 Å². The zero-order chi connectivity index (χ0) is 14.0. The summed E-state index contributed by atoms with van der Waals surface area (Å²) < 4.78 is 7.10. The number of aromatic nitrogens is 1. The number of hydrogen-bond donors (Lipinski definition) is 1. The van der Waals surface area contributed by atoms with Gasteiger partial charge in [-0.1, -0.05) is 12.1 Å². The molecule has 2 rings (SSSR count). The van der Waals surface area contributed by atoms with E-state index in [2.05, 4.69) is 6.07 Å². The molecule has 4 heteroatoms. The molecule has 0 atom stereocenters. The fraction of sp³-hybridized carbons (Fsp3) is 0.267. The molecule has 0 spiro atoms. The van der Waals surface area contributed by atoms with Crippen molar-refractivity contribution < 1.29 is 4.74 Å². The Bertz CT molecular complexity index is 633. The van der Waals surface area contributed by atoms with Crippen molar-refractivity contribution in [3.63, 3.8) is 0 Å². The third kappa shape index (κ3) is 2.27. The van der Waals surface area contributed by atoms with E-state index in [1.165, 1.54) is 0 Å². The van der Waals surface area contributed by atoms with Crippen molar-refractivity contribution in [3.8, 4) is 11.8 Å². The average molecular weight is 255 g/mol. The first-order valence-corrected chi connectivity index (χ1v) is 6.06. The molecule has 0 unspecified atom stereocenters. The van der Waals surface area contributed by atoms with Crippen LogP contribution in [-0.4, -0.2) is 11.7 Å². The zero-order valence-electron chi connectivity index (χ0n) is 11.4. The topological polar surface area (TPSA) is 64.0 Å². The van der Waals surface area contributed by atoms with E-state index >= 15 is 0 Å². The normalized spacial score (nSPS) is 10.2. The van der Waals surface area contributed by atoms with Crippen molar-refractivity contribution >= 4 is 5.82 Å². The van der Waals surface area contributed by atoms with Crippen LogP contribution < -0.4 is 10.5 Å². The number of methoxy groups -OCH3 is 1. The van der Waals surface area contributed by atoms with E-state index < -0.39 is 0 Å². The molecule has 19 heavy (non-hydrogen) atoms. The van der Waals surface area contributed by atoms with Crippen LogP contribution in [0.25, 0.3) is 0 Å². The third-order valence-corrected chi connectivity index (χ3v) is 3.48. The van der Waals surface area contributed by atoms with Crippen LogP contribution in [0.3, 0.4) is 0 Å². The van der Waals surface area contributed by atoms with Gasteiger partial charge in [-0.25, -0.2) is 0 Å². The first kappa shape index (κ1) is 13.0. The quantitative estimate of drug-likeness (QED) is 0.916. The van der Waals surface area contributed by atoms with Crippen LogP contribution in [0.2, 0.25) is 0 Å². The molecule has 98 valence electrons. The second-order valence-corrected chi connectivity index (χ2v) is 4.52. The molecular formula is C15H17N3O. The molecule has 2 aromatic rings. The highest BCUT2D eigenvalue weighted by molar-refractivity contribution is 5.58. The highest BCUT2D eigenvalue weighted by Crippen LogP contribution is 2.24. The monoisotopic (exact) mass is 255 g/mol. The standard InChI is InChI=1S/C15H17N3O/c1-10-11(2)18(15(17)14(10)8-16)9-12-4-6-13(19-3)7-5-12/h4-7H,9,17H2,1-3H3. The first-order chi connectivity index (χ1) is 9.08. The van der Waals surface area contributed by atoms with Gasteiger partial charge in [-0.15, -0.1) is 0 Å². The molecule has 0 saturated carbocycles. The molecule has 0 aliphatic rings. The van der Waals surface area contributed by atoms with Gasteiger partial charge in [0.15, 0.2) is 0 Å². The lowest BCUT2D eigenvalue weighted by Crippen LogP contribution is -2.06. The van der Waals surface area contributed by atoms with Gasteiger partial charge in [0.1, 0.15) is 17.6 Å². The van der Waals surface area contributed by atoms with Crippen LogP contribution in [0.1, 0.15) is 22.4 Å². The first-order valence-electron chi connectivity index (χ1n) is 6.06. The fourth-order valence-electron chi connectivity index (χ4n) is 2.15. The Morgan fingerprint density at radius 3 is 2.37 bits per heavy atom. The number of rotatable bonds is 3. The summed E-state index contributed by atoms with van der Waals surface area (Å²) in [5, 5.41) is 9.11. The lowest BCUT2D eigenvalue weighted by atomic mass is 10.2. The fourth-order valence-corrected chi connectivity index (χ4v) is 2.15. The Balaban J connectivity index is 2.36. The van der Waals surface area contributed by atoms with Crippen LogP contribution >= 0.6 is 0 Å². The summed E-state index contributed by atoms with van der Waals surface area (Å²) >= 11 is 0. The highest BCUT2D eigenvalue weighted by Gasteiger charge is 2.14. The number of benzene rings is 1. The number of nitrogen functional groups attached to an aromatic ring is 1. The molecule has 0 amide bonds. The van der Waals surface area contributed by atoms with Crippen molar-refractivity contribution in [3.05, 3.63) is 46.6 Å². The smallest absolute Gasteiger partial charge is 0.122 e. The minimum Gasteiger partial charge on any atom is -0.497 e. The number of nitrogens with zero attached hydrogens (tertiary/aromatic N) is 2. The number of ether oxygens (including phenoxy) is 1. The minimum absolute atomic E-state index is 0.535. The van der Waals surface area contributed by atoms with E-state index in [9.17, 15) is 0 Å². The van der Waals surface area contributed by atoms with E-state index in [0.717, 1.165) is 22.6 Å². The average Bonchev–Trinajstić information content (AvgIpc) is 2.63. The highest BCUT2D eigenvalue weighted by atomic mass is 16.5. The molecule has 1 aromatic carbocycles. The van der Waals surface area contributed by atoms with Gasteiger partial charge >= 0.3 is 0 Å². The van der Waals surface area contributed by atoms with Gasteiger partial charge in [0.25, 0.3) is 0 Å². The molecule has 2 N–H and O–H groups in total.